The normalized spacial score (nSPS) is 13.6. The van der Waals surface area contributed by atoms with Crippen LogP contribution in [0.4, 0.5) is 5.69 Å². The third kappa shape index (κ3) is 3.49. The number of fused-ring (bicyclic) bond motifs is 2. The number of imidazole rings is 1. The van der Waals surface area contributed by atoms with Gasteiger partial charge >= 0.3 is 0 Å². The number of anilines is 1. The number of ketones is 2. The zero-order valence-electron chi connectivity index (χ0n) is 16.0. The molecule has 0 saturated carbocycles. The molecule has 146 valence electrons. The second-order valence-corrected chi connectivity index (χ2v) is 8.02. The molecule has 0 fully saturated rings. The number of thioether (sulfide) groups is 1. The van der Waals surface area contributed by atoms with Gasteiger partial charge in [0, 0.05) is 46.9 Å². The molecule has 29 heavy (non-hydrogen) atoms. The topological polar surface area (TPSA) is 81.1 Å². The number of nitrogens with zero attached hydrogens (tertiary/aromatic N) is 2. The lowest BCUT2D eigenvalue weighted by atomic mass is 9.84. The molecular formula is C22H19N3O3S. The van der Waals surface area contributed by atoms with Crippen molar-refractivity contribution in [3.63, 3.8) is 0 Å². The Kier molecular flexibility index (Phi) is 5.07. The molecule has 0 radical (unpaired) electrons. The van der Waals surface area contributed by atoms with E-state index in [1.54, 1.807) is 55.6 Å². The summed E-state index contributed by atoms with van der Waals surface area (Å²) in [7, 11) is 0. The monoisotopic (exact) mass is 405 g/mol. The number of benzene rings is 2. The molecular weight excluding hydrogens is 386 g/mol. The summed E-state index contributed by atoms with van der Waals surface area (Å²) in [5.41, 5.74) is 1.97. The van der Waals surface area contributed by atoms with Crippen molar-refractivity contribution in [2.75, 3.05) is 5.32 Å². The van der Waals surface area contributed by atoms with Gasteiger partial charge in [-0.25, -0.2) is 4.98 Å². The zero-order chi connectivity index (χ0) is 20.5. The summed E-state index contributed by atoms with van der Waals surface area (Å²) in [6.07, 6.45) is 3.58. The number of aromatic nitrogens is 2. The fraction of sp³-hybridized carbons (Fsp3) is 0.182. The average Bonchev–Trinajstić information content (AvgIpc) is 3.19. The number of hydrogen-bond acceptors (Lipinski definition) is 5. The third-order valence-electron chi connectivity index (χ3n) is 4.86. The molecule has 0 spiro atoms. The van der Waals surface area contributed by atoms with E-state index in [0.717, 1.165) is 11.7 Å². The molecule has 1 aliphatic rings. The van der Waals surface area contributed by atoms with Crippen LogP contribution >= 0.6 is 11.8 Å². The van der Waals surface area contributed by atoms with E-state index >= 15 is 0 Å². The Balaban J connectivity index is 1.54. The third-order valence-corrected chi connectivity index (χ3v) is 5.98. The molecule has 6 nitrogen and oxygen atoms in total. The predicted molar refractivity (Wildman–Crippen MR) is 112 cm³/mol. The number of carbonyl (C=O) groups excluding carboxylic acids is 3. The highest BCUT2D eigenvalue weighted by atomic mass is 32.2. The lowest BCUT2D eigenvalue weighted by Crippen LogP contribution is -2.24. The van der Waals surface area contributed by atoms with Crippen molar-refractivity contribution in [3.8, 4) is 0 Å². The van der Waals surface area contributed by atoms with Gasteiger partial charge in [-0.2, -0.15) is 0 Å². The number of aryl methyl sites for hydroxylation is 1. The van der Waals surface area contributed by atoms with Crippen molar-refractivity contribution < 1.29 is 14.4 Å². The molecule has 0 saturated heterocycles. The van der Waals surface area contributed by atoms with Crippen molar-refractivity contribution in [2.24, 2.45) is 0 Å². The molecule has 1 unspecified atom stereocenters. The number of hydrogen-bond donors (Lipinski definition) is 1. The van der Waals surface area contributed by atoms with Gasteiger partial charge < -0.3 is 9.88 Å². The van der Waals surface area contributed by atoms with E-state index in [1.807, 2.05) is 17.7 Å². The van der Waals surface area contributed by atoms with Gasteiger partial charge in [-0.1, -0.05) is 36.0 Å². The summed E-state index contributed by atoms with van der Waals surface area (Å²) in [4.78, 5) is 42.4. The van der Waals surface area contributed by atoms with Gasteiger partial charge in [0.05, 0.1) is 5.25 Å². The highest BCUT2D eigenvalue weighted by Crippen LogP contribution is 2.29. The number of rotatable bonds is 5. The molecule has 4 rings (SSSR count). The first kappa shape index (κ1) is 19.1. The quantitative estimate of drug-likeness (QED) is 0.511. The van der Waals surface area contributed by atoms with Gasteiger partial charge in [0.25, 0.3) is 0 Å². The van der Waals surface area contributed by atoms with Crippen LogP contribution in [0.5, 0.6) is 0 Å². The van der Waals surface area contributed by atoms with Gasteiger partial charge in [-0.15, -0.1) is 0 Å². The van der Waals surface area contributed by atoms with E-state index in [2.05, 4.69) is 10.3 Å². The van der Waals surface area contributed by atoms with Crippen LogP contribution in [0.1, 0.15) is 45.7 Å². The second kappa shape index (κ2) is 7.67. The first-order valence-corrected chi connectivity index (χ1v) is 10.2. The summed E-state index contributed by atoms with van der Waals surface area (Å²) in [6.45, 7) is 4.59. The Hall–Kier alpha value is -3.19. The zero-order valence-corrected chi connectivity index (χ0v) is 16.8. The second-order valence-electron chi connectivity index (χ2n) is 6.71. The van der Waals surface area contributed by atoms with Crippen LogP contribution in [0.3, 0.4) is 0 Å². The molecule has 1 N–H and O–H groups in total. The Morgan fingerprint density at radius 2 is 1.72 bits per heavy atom. The van der Waals surface area contributed by atoms with Crippen LogP contribution in [-0.2, 0) is 11.3 Å². The van der Waals surface area contributed by atoms with Gasteiger partial charge in [0.15, 0.2) is 16.7 Å². The summed E-state index contributed by atoms with van der Waals surface area (Å²) in [6, 6.07) is 11.6. The fourth-order valence-corrected chi connectivity index (χ4v) is 4.22. The van der Waals surface area contributed by atoms with E-state index in [4.69, 9.17) is 0 Å². The maximum Gasteiger partial charge on any atom is 0.237 e. The van der Waals surface area contributed by atoms with Crippen molar-refractivity contribution in [1.29, 1.82) is 0 Å². The van der Waals surface area contributed by atoms with E-state index in [9.17, 15) is 14.4 Å². The van der Waals surface area contributed by atoms with Crippen LogP contribution < -0.4 is 5.32 Å². The van der Waals surface area contributed by atoms with Crippen molar-refractivity contribution in [3.05, 3.63) is 77.1 Å². The minimum Gasteiger partial charge on any atom is -0.326 e. The standard InChI is InChI=1S/C22H19N3O3S/c1-3-25-11-10-23-22(25)29-13(2)21(28)24-14-8-9-17-18(12-14)20(27)16-7-5-4-6-15(16)19(17)26/h4-13H,3H2,1-2H3,(H,24,28). The van der Waals surface area contributed by atoms with Crippen LogP contribution in [0.25, 0.3) is 0 Å². The number of nitrogens with one attached hydrogen (secondary N) is 1. The summed E-state index contributed by atoms with van der Waals surface area (Å²) in [5.74, 6) is -0.585. The van der Waals surface area contributed by atoms with Crippen LogP contribution in [-0.4, -0.2) is 32.3 Å². The Morgan fingerprint density at radius 1 is 1.07 bits per heavy atom. The van der Waals surface area contributed by atoms with E-state index in [0.29, 0.717) is 27.9 Å². The average molecular weight is 405 g/mol. The lowest BCUT2D eigenvalue weighted by molar-refractivity contribution is -0.115. The first-order valence-electron chi connectivity index (χ1n) is 9.30. The molecule has 1 aliphatic carbocycles. The van der Waals surface area contributed by atoms with Crippen molar-refractivity contribution in [2.45, 2.75) is 30.8 Å². The first-order chi connectivity index (χ1) is 14.0. The Bertz CT molecular complexity index is 1140. The summed E-state index contributed by atoms with van der Waals surface area (Å²) < 4.78 is 1.97. The summed E-state index contributed by atoms with van der Waals surface area (Å²) in [5, 5.41) is 3.24. The SMILES string of the molecule is CCn1ccnc1SC(C)C(=O)Nc1ccc2c(c1)C(=O)c1ccccc1C2=O. The molecule has 1 atom stereocenters. The molecule has 3 aromatic rings. The fourth-order valence-electron chi connectivity index (χ4n) is 3.29. The van der Waals surface area contributed by atoms with Crippen LogP contribution in [0.2, 0.25) is 0 Å². The predicted octanol–water partition coefficient (Wildman–Crippen LogP) is 3.80. The molecule has 7 heteroatoms. The Morgan fingerprint density at radius 3 is 2.41 bits per heavy atom. The molecule has 1 heterocycles. The van der Waals surface area contributed by atoms with Crippen molar-refractivity contribution >= 4 is 34.9 Å². The highest BCUT2D eigenvalue weighted by molar-refractivity contribution is 8.00. The lowest BCUT2D eigenvalue weighted by Gasteiger charge is -2.18. The molecule has 0 bridgehead atoms. The van der Waals surface area contributed by atoms with Gasteiger partial charge in [-0.3, -0.25) is 14.4 Å². The van der Waals surface area contributed by atoms with Crippen LogP contribution in [0.15, 0.2) is 60.0 Å². The number of amides is 1. The maximum absolute atomic E-state index is 12.8. The van der Waals surface area contributed by atoms with Gasteiger partial charge in [0.1, 0.15) is 0 Å². The highest BCUT2D eigenvalue weighted by Gasteiger charge is 2.29. The largest absolute Gasteiger partial charge is 0.326 e. The smallest absolute Gasteiger partial charge is 0.237 e. The van der Waals surface area contributed by atoms with E-state index < -0.39 is 0 Å². The molecule has 1 aromatic heterocycles. The van der Waals surface area contributed by atoms with E-state index in [1.165, 1.54) is 11.8 Å². The van der Waals surface area contributed by atoms with Crippen molar-refractivity contribution in [1.82, 2.24) is 9.55 Å². The van der Waals surface area contributed by atoms with Gasteiger partial charge in [-0.05, 0) is 32.0 Å². The Labute approximate surface area is 172 Å². The molecule has 1 amide bonds. The van der Waals surface area contributed by atoms with E-state index in [-0.39, 0.29) is 22.7 Å². The maximum atomic E-state index is 12.8. The minimum atomic E-state index is -0.378. The minimum absolute atomic E-state index is 0.177. The molecule has 0 aliphatic heterocycles. The molecule has 2 aromatic carbocycles. The van der Waals surface area contributed by atoms with Gasteiger partial charge in [0.2, 0.25) is 5.91 Å². The number of carbonyl (C=O) groups is 3. The van der Waals surface area contributed by atoms with Crippen LogP contribution in [0, 0.1) is 0 Å². The summed E-state index contributed by atoms with van der Waals surface area (Å²) >= 11 is 1.37.